The highest BCUT2D eigenvalue weighted by Crippen LogP contribution is 2.08. The summed E-state index contributed by atoms with van der Waals surface area (Å²) < 4.78 is 5.12. The molecule has 4 N–H and O–H groups in total. The number of benzene rings is 1. The first-order valence-corrected chi connectivity index (χ1v) is 5.63. The maximum atomic E-state index is 11.6. The van der Waals surface area contributed by atoms with Crippen molar-refractivity contribution >= 4 is 5.97 Å². The van der Waals surface area contributed by atoms with Crippen LogP contribution in [-0.2, 0) is 16.1 Å². The number of ether oxygens (including phenoxy) is 1. The van der Waals surface area contributed by atoms with Gasteiger partial charge in [0, 0.05) is 5.54 Å². The lowest BCUT2D eigenvalue weighted by atomic mass is 9.97. The Morgan fingerprint density at radius 2 is 1.94 bits per heavy atom. The van der Waals surface area contributed by atoms with Gasteiger partial charge in [0.2, 0.25) is 0 Å². The Bertz CT molecular complexity index is 357. The van der Waals surface area contributed by atoms with Gasteiger partial charge in [-0.2, -0.15) is 0 Å². The van der Waals surface area contributed by atoms with Gasteiger partial charge in [0.15, 0.2) is 0 Å². The van der Waals surface area contributed by atoms with Crippen LogP contribution in [0.4, 0.5) is 0 Å². The zero-order chi connectivity index (χ0) is 12.9. The van der Waals surface area contributed by atoms with Crippen molar-refractivity contribution in [3.63, 3.8) is 0 Å². The SMILES string of the molecule is CC(C)(N)CC(N)C(=O)OCc1ccccc1. The van der Waals surface area contributed by atoms with Crippen LogP contribution in [-0.4, -0.2) is 17.6 Å². The molecule has 0 radical (unpaired) electrons. The Morgan fingerprint density at radius 1 is 1.35 bits per heavy atom. The van der Waals surface area contributed by atoms with Crippen molar-refractivity contribution in [1.29, 1.82) is 0 Å². The summed E-state index contributed by atoms with van der Waals surface area (Å²) in [5, 5.41) is 0. The molecule has 0 aliphatic carbocycles. The standard InChI is InChI=1S/C13H20N2O2/c1-13(2,15)8-11(14)12(16)17-9-10-6-4-3-5-7-10/h3-7,11H,8-9,14-15H2,1-2H3. The van der Waals surface area contributed by atoms with Crippen LogP contribution >= 0.6 is 0 Å². The summed E-state index contributed by atoms with van der Waals surface area (Å²) in [6.07, 6.45) is 0.403. The summed E-state index contributed by atoms with van der Waals surface area (Å²) in [6.45, 7) is 3.91. The third-order valence-electron chi connectivity index (χ3n) is 2.27. The van der Waals surface area contributed by atoms with E-state index in [1.807, 2.05) is 44.2 Å². The van der Waals surface area contributed by atoms with Crippen molar-refractivity contribution in [1.82, 2.24) is 0 Å². The first-order chi connectivity index (χ1) is 7.88. The molecule has 0 aliphatic rings. The maximum Gasteiger partial charge on any atom is 0.323 e. The molecular formula is C13H20N2O2. The van der Waals surface area contributed by atoms with E-state index in [-0.39, 0.29) is 6.61 Å². The topological polar surface area (TPSA) is 78.3 Å². The number of hydrogen-bond acceptors (Lipinski definition) is 4. The average Bonchev–Trinajstić information content (AvgIpc) is 2.25. The fourth-order valence-corrected chi connectivity index (χ4v) is 1.49. The van der Waals surface area contributed by atoms with Crippen LogP contribution in [0, 0.1) is 0 Å². The minimum atomic E-state index is -0.668. The number of carbonyl (C=O) groups is 1. The summed E-state index contributed by atoms with van der Waals surface area (Å²) in [7, 11) is 0. The Morgan fingerprint density at radius 3 is 2.47 bits per heavy atom. The van der Waals surface area contributed by atoms with Gasteiger partial charge in [0.1, 0.15) is 12.6 Å². The minimum absolute atomic E-state index is 0.248. The van der Waals surface area contributed by atoms with Crippen molar-refractivity contribution < 1.29 is 9.53 Å². The number of carbonyl (C=O) groups excluding carboxylic acids is 1. The van der Waals surface area contributed by atoms with Gasteiger partial charge in [-0.15, -0.1) is 0 Å². The van der Waals surface area contributed by atoms with E-state index in [1.165, 1.54) is 0 Å². The van der Waals surface area contributed by atoms with Gasteiger partial charge in [-0.1, -0.05) is 30.3 Å². The maximum absolute atomic E-state index is 11.6. The lowest BCUT2D eigenvalue weighted by Crippen LogP contribution is -2.43. The monoisotopic (exact) mass is 236 g/mol. The molecule has 0 aromatic heterocycles. The Kier molecular flexibility index (Phi) is 4.66. The van der Waals surface area contributed by atoms with Gasteiger partial charge in [-0.25, -0.2) is 0 Å². The van der Waals surface area contributed by atoms with E-state index in [0.717, 1.165) is 5.56 Å². The second-order valence-corrected chi connectivity index (χ2v) is 4.89. The van der Waals surface area contributed by atoms with E-state index < -0.39 is 17.6 Å². The first-order valence-electron chi connectivity index (χ1n) is 5.63. The quantitative estimate of drug-likeness (QED) is 0.753. The second kappa shape index (κ2) is 5.80. The summed E-state index contributed by atoms with van der Waals surface area (Å²) in [5.74, 6) is -0.410. The number of hydrogen-bond donors (Lipinski definition) is 2. The predicted octanol–water partition coefficient (Wildman–Crippen LogP) is 1.18. The molecule has 94 valence electrons. The number of nitrogens with two attached hydrogens (primary N) is 2. The molecule has 0 aliphatic heterocycles. The molecule has 1 aromatic rings. The highest BCUT2D eigenvalue weighted by atomic mass is 16.5. The smallest absolute Gasteiger partial charge is 0.323 e. The Balaban J connectivity index is 2.40. The van der Waals surface area contributed by atoms with Gasteiger partial charge in [-0.05, 0) is 25.8 Å². The molecular weight excluding hydrogens is 216 g/mol. The molecule has 4 heteroatoms. The molecule has 1 rings (SSSR count). The third-order valence-corrected chi connectivity index (χ3v) is 2.27. The molecule has 0 saturated heterocycles. The molecule has 0 amide bonds. The number of rotatable bonds is 5. The van der Waals surface area contributed by atoms with Crippen LogP contribution in [0.15, 0.2) is 30.3 Å². The zero-order valence-corrected chi connectivity index (χ0v) is 10.3. The molecule has 0 bridgehead atoms. The second-order valence-electron chi connectivity index (χ2n) is 4.89. The zero-order valence-electron chi connectivity index (χ0n) is 10.3. The van der Waals surface area contributed by atoms with Crippen LogP contribution in [0.25, 0.3) is 0 Å². The summed E-state index contributed by atoms with van der Waals surface area (Å²) in [6, 6.07) is 8.82. The van der Waals surface area contributed by atoms with Gasteiger partial charge in [0.25, 0.3) is 0 Å². The van der Waals surface area contributed by atoms with Crippen LogP contribution < -0.4 is 11.5 Å². The van der Waals surface area contributed by atoms with E-state index in [4.69, 9.17) is 16.2 Å². The molecule has 1 aromatic carbocycles. The average molecular weight is 236 g/mol. The normalized spacial score (nSPS) is 13.2. The minimum Gasteiger partial charge on any atom is -0.460 e. The highest BCUT2D eigenvalue weighted by molar-refractivity contribution is 5.75. The van der Waals surface area contributed by atoms with Crippen molar-refractivity contribution in [3.05, 3.63) is 35.9 Å². The molecule has 17 heavy (non-hydrogen) atoms. The lowest BCUT2D eigenvalue weighted by molar-refractivity contribution is -0.147. The molecule has 0 heterocycles. The predicted molar refractivity (Wildman–Crippen MR) is 67.1 cm³/mol. The fraction of sp³-hybridized carbons (Fsp3) is 0.462. The van der Waals surface area contributed by atoms with Crippen LogP contribution in [0.3, 0.4) is 0 Å². The van der Waals surface area contributed by atoms with Gasteiger partial charge in [0.05, 0.1) is 0 Å². The Hall–Kier alpha value is -1.39. The lowest BCUT2D eigenvalue weighted by Gasteiger charge is -2.21. The fourth-order valence-electron chi connectivity index (χ4n) is 1.49. The van der Waals surface area contributed by atoms with Crippen LogP contribution in [0.5, 0.6) is 0 Å². The van der Waals surface area contributed by atoms with Crippen molar-refractivity contribution in [2.24, 2.45) is 11.5 Å². The largest absolute Gasteiger partial charge is 0.460 e. The van der Waals surface area contributed by atoms with Crippen molar-refractivity contribution in [2.45, 2.75) is 38.5 Å². The molecule has 1 atom stereocenters. The van der Waals surface area contributed by atoms with E-state index >= 15 is 0 Å². The first kappa shape index (κ1) is 13.7. The van der Waals surface area contributed by atoms with Crippen molar-refractivity contribution in [3.8, 4) is 0 Å². The van der Waals surface area contributed by atoms with Crippen LogP contribution in [0.2, 0.25) is 0 Å². The number of esters is 1. The molecule has 4 nitrogen and oxygen atoms in total. The van der Waals surface area contributed by atoms with Crippen LogP contribution in [0.1, 0.15) is 25.8 Å². The summed E-state index contributed by atoms with van der Waals surface area (Å²) in [5.41, 5.74) is 12.0. The third kappa shape index (κ3) is 5.47. The van der Waals surface area contributed by atoms with E-state index in [2.05, 4.69) is 0 Å². The highest BCUT2D eigenvalue weighted by Gasteiger charge is 2.22. The summed E-state index contributed by atoms with van der Waals surface area (Å²) in [4.78, 5) is 11.6. The van der Waals surface area contributed by atoms with Gasteiger partial charge < -0.3 is 16.2 Å². The molecule has 0 spiro atoms. The molecule has 0 fully saturated rings. The van der Waals surface area contributed by atoms with E-state index in [1.54, 1.807) is 0 Å². The van der Waals surface area contributed by atoms with E-state index in [9.17, 15) is 4.79 Å². The Labute approximate surface area is 102 Å². The molecule has 1 unspecified atom stereocenters. The van der Waals surface area contributed by atoms with E-state index in [0.29, 0.717) is 6.42 Å². The van der Waals surface area contributed by atoms with Crippen molar-refractivity contribution in [2.75, 3.05) is 0 Å². The summed E-state index contributed by atoms with van der Waals surface area (Å²) >= 11 is 0. The van der Waals surface area contributed by atoms with Gasteiger partial charge >= 0.3 is 5.97 Å². The molecule has 0 saturated carbocycles. The van der Waals surface area contributed by atoms with Gasteiger partial charge in [-0.3, -0.25) is 4.79 Å².